The van der Waals surface area contributed by atoms with Gasteiger partial charge in [-0.15, -0.1) is 0 Å². The molecule has 0 bridgehead atoms. The number of nitrogens with zero attached hydrogens (tertiary/aromatic N) is 3. The number of aryl methyl sites for hydroxylation is 2. The summed E-state index contributed by atoms with van der Waals surface area (Å²) < 4.78 is 5.54. The van der Waals surface area contributed by atoms with Crippen LogP contribution in [0.5, 0.6) is 5.75 Å². The number of hydrogen-bond donors (Lipinski definition) is 2. The first kappa shape index (κ1) is 20.4. The molecule has 4 rings (SSSR count). The summed E-state index contributed by atoms with van der Waals surface area (Å²) in [5.41, 5.74) is 3.45. The number of nitrogens with one attached hydrogen (secondary N) is 2. The van der Waals surface area contributed by atoms with E-state index >= 15 is 0 Å². The summed E-state index contributed by atoms with van der Waals surface area (Å²) in [7, 11) is 0. The maximum absolute atomic E-state index is 12.3. The molecular formula is C22H24ClN5O2. The molecule has 1 aliphatic rings. The summed E-state index contributed by atoms with van der Waals surface area (Å²) in [5.74, 6) is 0.976. The summed E-state index contributed by atoms with van der Waals surface area (Å²) in [6, 6.07) is 11.1. The van der Waals surface area contributed by atoms with E-state index in [0.717, 1.165) is 54.3 Å². The SMILES string of the molecule is Cc1ccc(OCC(=O)Nc2ccc3nc(N4CCNCC4)nc(C)c3c2)c(Cl)c1. The van der Waals surface area contributed by atoms with Gasteiger partial charge in [-0.1, -0.05) is 17.7 Å². The van der Waals surface area contributed by atoms with Gasteiger partial charge >= 0.3 is 0 Å². The molecule has 0 saturated carbocycles. The van der Waals surface area contributed by atoms with Gasteiger partial charge in [0, 0.05) is 37.3 Å². The second-order valence-corrected chi connectivity index (χ2v) is 7.76. The van der Waals surface area contributed by atoms with Gasteiger partial charge in [0.05, 0.1) is 16.2 Å². The topological polar surface area (TPSA) is 79.4 Å². The number of fused-ring (bicyclic) bond motifs is 1. The summed E-state index contributed by atoms with van der Waals surface area (Å²) in [6.45, 7) is 7.43. The molecule has 1 aromatic heterocycles. The maximum atomic E-state index is 12.3. The lowest BCUT2D eigenvalue weighted by Gasteiger charge is -2.27. The molecule has 8 heteroatoms. The van der Waals surface area contributed by atoms with E-state index in [9.17, 15) is 4.79 Å². The maximum Gasteiger partial charge on any atom is 0.262 e. The molecule has 7 nitrogen and oxygen atoms in total. The number of rotatable bonds is 5. The minimum absolute atomic E-state index is 0.127. The molecule has 156 valence electrons. The molecule has 2 heterocycles. The van der Waals surface area contributed by atoms with Crippen LogP contribution >= 0.6 is 11.6 Å². The largest absolute Gasteiger partial charge is 0.482 e. The van der Waals surface area contributed by atoms with Crippen molar-refractivity contribution in [1.29, 1.82) is 0 Å². The highest BCUT2D eigenvalue weighted by atomic mass is 35.5. The Morgan fingerprint density at radius 3 is 2.73 bits per heavy atom. The highest BCUT2D eigenvalue weighted by molar-refractivity contribution is 6.32. The first-order valence-electron chi connectivity index (χ1n) is 9.92. The second kappa shape index (κ2) is 8.85. The number of benzene rings is 2. The van der Waals surface area contributed by atoms with E-state index in [1.165, 1.54) is 0 Å². The fourth-order valence-corrected chi connectivity index (χ4v) is 3.70. The quantitative estimate of drug-likeness (QED) is 0.652. The first-order valence-corrected chi connectivity index (χ1v) is 10.3. The van der Waals surface area contributed by atoms with Gasteiger partial charge < -0.3 is 20.3 Å². The molecule has 3 aromatic rings. The molecule has 1 amide bonds. The Labute approximate surface area is 180 Å². The van der Waals surface area contributed by atoms with E-state index in [1.807, 2.05) is 38.1 Å². The Balaban J connectivity index is 1.45. The fourth-order valence-electron chi connectivity index (χ4n) is 3.41. The molecule has 0 spiro atoms. The highest BCUT2D eigenvalue weighted by Gasteiger charge is 2.15. The number of ether oxygens (including phenoxy) is 1. The molecule has 0 radical (unpaired) electrons. The van der Waals surface area contributed by atoms with Crippen LogP contribution < -0.4 is 20.3 Å². The molecule has 30 heavy (non-hydrogen) atoms. The number of carbonyl (C=O) groups excluding carboxylic acids is 1. The van der Waals surface area contributed by atoms with Crippen LogP contribution in [0, 0.1) is 13.8 Å². The van der Waals surface area contributed by atoms with Gasteiger partial charge in [-0.25, -0.2) is 9.97 Å². The number of aromatic nitrogens is 2. The van der Waals surface area contributed by atoms with Crippen LogP contribution in [-0.4, -0.2) is 48.7 Å². The smallest absolute Gasteiger partial charge is 0.262 e. The van der Waals surface area contributed by atoms with E-state index in [1.54, 1.807) is 12.1 Å². The monoisotopic (exact) mass is 425 g/mol. The van der Waals surface area contributed by atoms with Crippen molar-refractivity contribution in [2.24, 2.45) is 0 Å². The Bertz CT molecular complexity index is 1080. The summed E-state index contributed by atoms with van der Waals surface area (Å²) in [5, 5.41) is 7.59. The fraction of sp³-hybridized carbons (Fsp3) is 0.318. The number of hydrogen-bond acceptors (Lipinski definition) is 6. The van der Waals surface area contributed by atoms with Crippen molar-refractivity contribution in [3.05, 3.63) is 52.7 Å². The van der Waals surface area contributed by atoms with Crippen LogP contribution in [0.2, 0.25) is 5.02 Å². The lowest BCUT2D eigenvalue weighted by Crippen LogP contribution is -2.44. The van der Waals surface area contributed by atoms with Crippen LogP contribution in [-0.2, 0) is 4.79 Å². The third-order valence-corrected chi connectivity index (χ3v) is 5.30. The minimum Gasteiger partial charge on any atom is -0.482 e. The second-order valence-electron chi connectivity index (χ2n) is 7.35. The van der Waals surface area contributed by atoms with E-state index in [2.05, 4.69) is 20.5 Å². The molecule has 0 unspecified atom stereocenters. The third kappa shape index (κ3) is 4.63. The molecule has 0 aliphatic carbocycles. The van der Waals surface area contributed by atoms with Gasteiger partial charge in [0.25, 0.3) is 5.91 Å². The zero-order valence-corrected chi connectivity index (χ0v) is 17.8. The van der Waals surface area contributed by atoms with Gasteiger partial charge in [0.2, 0.25) is 5.95 Å². The number of halogens is 1. The van der Waals surface area contributed by atoms with E-state index in [0.29, 0.717) is 16.5 Å². The molecule has 2 N–H and O–H groups in total. The molecule has 0 atom stereocenters. The Hall–Kier alpha value is -2.90. The zero-order valence-electron chi connectivity index (χ0n) is 17.0. The lowest BCUT2D eigenvalue weighted by atomic mass is 10.1. The van der Waals surface area contributed by atoms with Crippen molar-refractivity contribution in [1.82, 2.24) is 15.3 Å². The number of amides is 1. The summed E-state index contributed by atoms with van der Waals surface area (Å²) in [6.07, 6.45) is 0. The standard InChI is InChI=1S/C22H24ClN5O2/c1-14-3-6-20(18(23)11-14)30-13-21(29)26-16-4-5-19-17(12-16)15(2)25-22(27-19)28-9-7-24-8-10-28/h3-6,11-12,24H,7-10,13H2,1-2H3,(H,26,29). The average molecular weight is 426 g/mol. The van der Waals surface area contributed by atoms with Crippen LogP contribution in [0.1, 0.15) is 11.3 Å². The van der Waals surface area contributed by atoms with Crippen molar-refractivity contribution in [2.75, 3.05) is 43.0 Å². The minimum atomic E-state index is -0.262. The van der Waals surface area contributed by atoms with Crippen molar-refractivity contribution >= 4 is 40.0 Å². The molecule has 1 saturated heterocycles. The number of carbonyl (C=O) groups is 1. The van der Waals surface area contributed by atoms with Crippen molar-refractivity contribution in [3.8, 4) is 5.75 Å². The average Bonchev–Trinajstić information content (AvgIpc) is 2.74. The van der Waals surface area contributed by atoms with Crippen LogP contribution in [0.4, 0.5) is 11.6 Å². The molecular weight excluding hydrogens is 402 g/mol. The van der Waals surface area contributed by atoms with Gasteiger partial charge in [0.15, 0.2) is 6.61 Å². The Morgan fingerprint density at radius 1 is 1.17 bits per heavy atom. The molecule has 1 fully saturated rings. The van der Waals surface area contributed by atoms with Crippen LogP contribution in [0.15, 0.2) is 36.4 Å². The van der Waals surface area contributed by atoms with E-state index in [4.69, 9.17) is 21.3 Å². The van der Waals surface area contributed by atoms with Gasteiger partial charge in [-0.05, 0) is 49.7 Å². The Kier molecular flexibility index (Phi) is 6.01. The van der Waals surface area contributed by atoms with Crippen molar-refractivity contribution in [2.45, 2.75) is 13.8 Å². The van der Waals surface area contributed by atoms with Gasteiger partial charge in [-0.3, -0.25) is 4.79 Å². The summed E-state index contributed by atoms with van der Waals surface area (Å²) >= 11 is 6.15. The molecule has 2 aromatic carbocycles. The van der Waals surface area contributed by atoms with E-state index in [-0.39, 0.29) is 12.5 Å². The van der Waals surface area contributed by atoms with Gasteiger partial charge in [-0.2, -0.15) is 0 Å². The molecule has 1 aliphatic heterocycles. The van der Waals surface area contributed by atoms with Crippen LogP contribution in [0.25, 0.3) is 10.9 Å². The van der Waals surface area contributed by atoms with Crippen molar-refractivity contribution < 1.29 is 9.53 Å². The lowest BCUT2D eigenvalue weighted by molar-refractivity contribution is -0.118. The normalized spacial score (nSPS) is 14.0. The summed E-state index contributed by atoms with van der Waals surface area (Å²) in [4.78, 5) is 23.9. The number of piperazine rings is 1. The van der Waals surface area contributed by atoms with Gasteiger partial charge in [0.1, 0.15) is 5.75 Å². The first-order chi connectivity index (χ1) is 14.5. The Morgan fingerprint density at radius 2 is 1.97 bits per heavy atom. The van der Waals surface area contributed by atoms with E-state index < -0.39 is 0 Å². The van der Waals surface area contributed by atoms with Crippen molar-refractivity contribution in [3.63, 3.8) is 0 Å². The predicted octanol–water partition coefficient (Wildman–Crippen LogP) is 3.33. The highest BCUT2D eigenvalue weighted by Crippen LogP contribution is 2.26. The zero-order chi connectivity index (χ0) is 21.1. The number of anilines is 2. The third-order valence-electron chi connectivity index (χ3n) is 5.00. The predicted molar refractivity (Wildman–Crippen MR) is 120 cm³/mol. The van der Waals surface area contributed by atoms with Crippen LogP contribution in [0.3, 0.4) is 0 Å².